The Labute approximate surface area is 100 Å². The van der Waals surface area contributed by atoms with Gasteiger partial charge in [0, 0.05) is 24.7 Å². The van der Waals surface area contributed by atoms with Crippen LogP contribution in [0.25, 0.3) is 0 Å². The van der Waals surface area contributed by atoms with Gasteiger partial charge in [-0.05, 0) is 28.1 Å². The summed E-state index contributed by atoms with van der Waals surface area (Å²) >= 11 is 3.15. The molecule has 16 heavy (non-hydrogen) atoms. The van der Waals surface area contributed by atoms with Crippen LogP contribution in [0.3, 0.4) is 0 Å². The topological polar surface area (TPSA) is 69.6 Å². The van der Waals surface area contributed by atoms with Crippen molar-refractivity contribution in [1.82, 2.24) is 5.32 Å². The molecule has 1 aromatic carbocycles. The van der Waals surface area contributed by atoms with E-state index in [1.165, 1.54) is 11.0 Å². The van der Waals surface area contributed by atoms with Gasteiger partial charge in [-0.2, -0.15) is 0 Å². The first kappa shape index (κ1) is 10.9. The summed E-state index contributed by atoms with van der Waals surface area (Å²) in [4.78, 5) is 23.9. The average Bonchev–Trinajstić information content (AvgIpc) is 2.22. The van der Waals surface area contributed by atoms with E-state index in [4.69, 9.17) is 0 Å². The SMILES string of the molecule is O=C1CCN(c2ccc(Br)c(O)c2)C(=O)N1. The molecule has 0 bridgehead atoms. The van der Waals surface area contributed by atoms with Crippen molar-refractivity contribution >= 4 is 33.6 Å². The standard InChI is InChI=1S/C10H9BrN2O3/c11-7-2-1-6(5-8(7)14)13-4-3-9(15)12-10(13)16/h1-2,5,14H,3-4H2,(H,12,15,16). The molecule has 0 aliphatic carbocycles. The van der Waals surface area contributed by atoms with Gasteiger partial charge in [-0.15, -0.1) is 0 Å². The van der Waals surface area contributed by atoms with E-state index >= 15 is 0 Å². The van der Waals surface area contributed by atoms with Gasteiger partial charge in [-0.1, -0.05) is 0 Å². The van der Waals surface area contributed by atoms with E-state index in [9.17, 15) is 14.7 Å². The predicted molar refractivity (Wildman–Crippen MR) is 61.3 cm³/mol. The monoisotopic (exact) mass is 284 g/mol. The van der Waals surface area contributed by atoms with E-state index < -0.39 is 6.03 Å². The van der Waals surface area contributed by atoms with Crippen LogP contribution in [0.5, 0.6) is 5.75 Å². The summed E-state index contributed by atoms with van der Waals surface area (Å²) in [6.45, 7) is 0.325. The Morgan fingerprint density at radius 2 is 2.12 bits per heavy atom. The van der Waals surface area contributed by atoms with Crippen molar-refractivity contribution in [3.63, 3.8) is 0 Å². The van der Waals surface area contributed by atoms with E-state index in [1.54, 1.807) is 12.1 Å². The molecule has 1 aliphatic rings. The molecule has 1 aliphatic heterocycles. The van der Waals surface area contributed by atoms with Gasteiger partial charge in [0.15, 0.2) is 0 Å². The van der Waals surface area contributed by atoms with Gasteiger partial charge in [0.25, 0.3) is 0 Å². The smallest absolute Gasteiger partial charge is 0.328 e. The molecule has 1 heterocycles. The second kappa shape index (κ2) is 4.13. The van der Waals surface area contributed by atoms with E-state index in [-0.39, 0.29) is 18.1 Å². The van der Waals surface area contributed by atoms with Gasteiger partial charge in [0.05, 0.1) is 4.47 Å². The van der Waals surface area contributed by atoms with E-state index in [1.807, 2.05) is 0 Å². The largest absolute Gasteiger partial charge is 0.507 e. The molecule has 1 saturated heterocycles. The van der Waals surface area contributed by atoms with Crippen LogP contribution in [-0.2, 0) is 4.79 Å². The van der Waals surface area contributed by atoms with Crippen LogP contribution in [0.4, 0.5) is 10.5 Å². The number of rotatable bonds is 1. The number of phenolic OH excluding ortho intramolecular Hbond substituents is 1. The number of phenols is 1. The van der Waals surface area contributed by atoms with Gasteiger partial charge in [-0.25, -0.2) is 4.79 Å². The third-order valence-electron chi connectivity index (χ3n) is 2.30. The Kier molecular flexibility index (Phi) is 2.82. The molecule has 0 unspecified atom stereocenters. The highest BCUT2D eigenvalue weighted by molar-refractivity contribution is 9.10. The molecule has 2 rings (SSSR count). The Bertz CT molecular complexity index is 461. The normalized spacial score (nSPS) is 16.2. The van der Waals surface area contributed by atoms with Crippen LogP contribution < -0.4 is 10.2 Å². The number of amides is 3. The molecule has 1 aromatic rings. The van der Waals surface area contributed by atoms with E-state index in [0.717, 1.165) is 0 Å². The lowest BCUT2D eigenvalue weighted by molar-refractivity contribution is -0.120. The molecule has 0 saturated carbocycles. The quantitative estimate of drug-likeness (QED) is 0.823. The molecule has 6 heteroatoms. The Balaban J connectivity index is 2.27. The van der Waals surface area contributed by atoms with Gasteiger partial charge in [0.2, 0.25) is 5.91 Å². The number of benzene rings is 1. The number of hydrogen-bond donors (Lipinski definition) is 2. The molecule has 0 atom stereocenters. The first-order valence-electron chi connectivity index (χ1n) is 4.68. The van der Waals surface area contributed by atoms with Gasteiger partial charge < -0.3 is 5.11 Å². The summed E-state index contributed by atoms with van der Waals surface area (Å²) < 4.78 is 0.560. The number of carbonyl (C=O) groups is 2. The summed E-state index contributed by atoms with van der Waals surface area (Å²) in [5.74, 6) is -0.218. The minimum atomic E-state index is -0.460. The van der Waals surface area contributed by atoms with Crippen molar-refractivity contribution in [3.05, 3.63) is 22.7 Å². The summed E-state index contributed by atoms with van der Waals surface area (Å²) in [6, 6.07) is 4.35. The minimum Gasteiger partial charge on any atom is -0.507 e. The zero-order valence-electron chi connectivity index (χ0n) is 8.24. The lowest BCUT2D eigenvalue weighted by Crippen LogP contribution is -2.49. The molecule has 0 radical (unpaired) electrons. The summed E-state index contributed by atoms with van der Waals surface area (Å²) in [5.41, 5.74) is 0.561. The first-order valence-corrected chi connectivity index (χ1v) is 5.47. The number of nitrogens with one attached hydrogen (secondary N) is 1. The number of aromatic hydroxyl groups is 1. The molecule has 5 nitrogen and oxygen atoms in total. The van der Waals surface area contributed by atoms with Crippen LogP contribution >= 0.6 is 15.9 Å². The maximum Gasteiger partial charge on any atom is 0.328 e. The number of hydrogen-bond acceptors (Lipinski definition) is 3. The first-order chi connectivity index (χ1) is 7.58. The molecule has 1 fully saturated rings. The Morgan fingerprint density at radius 1 is 1.38 bits per heavy atom. The second-order valence-corrected chi connectivity index (χ2v) is 4.25. The molecule has 0 spiro atoms. The maximum atomic E-state index is 11.5. The van der Waals surface area contributed by atoms with Crippen molar-refractivity contribution < 1.29 is 14.7 Å². The number of urea groups is 1. The molecular formula is C10H9BrN2O3. The highest BCUT2D eigenvalue weighted by Crippen LogP contribution is 2.29. The second-order valence-electron chi connectivity index (χ2n) is 3.39. The summed E-state index contributed by atoms with van der Waals surface area (Å²) in [7, 11) is 0. The van der Waals surface area contributed by atoms with Crippen molar-refractivity contribution in [1.29, 1.82) is 0 Å². The highest BCUT2D eigenvalue weighted by atomic mass is 79.9. The summed E-state index contributed by atoms with van der Waals surface area (Å²) in [6.07, 6.45) is 0.266. The number of imide groups is 1. The number of nitrogens with zero attached hydrogens (tertiary/aromatic N) is 1. The Morgan fingerprint density at radius 3 is 2.75 bits per heavy atom. The molecule has 84 valence electrons. The van der Waals surface area contributed by atoms with Crippen LogP contribution in [0.1, 0.15) is 6.42 Å². The highest BCUT2D eigenvalue weighted by Gasteiger charge is 2.24. The van der Waals surface area contributed by atoms with Crippen molar-refractivity contribution in [2.75, 3.05) is 11.4 Å². The zero-order chi connectivity index (χ0) is 11.7. The molecule has 2 N–H and O–H groups in total. The number of halogens is 1. The Hall–Kier alpha value is -1.56. The van der Waals surface area contributed by atoms with E-state index in [0.29, 0.717) is 16.7 Å². The van der Waals surface area contributed by atoms with Crippen molar-refractivity contribution in [2.45, 2.75) is 6.42 Å². The van der Waals surface area contributed by atoms with Gasteiger partial charge >= 0.3 is 6.03 Å². The van der Waals surface area contributed by atoms with Crippen molar-refractivity contribution in [2.24, 2.45) is 0 Å². The summed E-state index contributed by atoms with van der Waals surface area (Å²) in [5, 5.41) is 11.7. The molecular weight excluding hydrogens is 276 g/mol. The van der Waals surface area contributed by atoms with Crippen LogP contribution in [-0.4, -0.2) is 23.6 Å². The fourth-order valence-corrected chi connectivity index (χ4v) is 1.73. The zero-order valence-corrected chi connectivity index (χ0v) is 9.82. The fraction of sp³-hybridized carbons (Fsp3) is 0.200. The third-order valence-corrected chi connectivity index (χ3v) is 2.97. The third kappa shape index (κ3) is 2.01. The fourth-order valence-electron chi connectivity index (χ4n) is 1.48. The molecule has 0 aromatic heterocycles. The average molecular weight is 285 g/mol. The van der Waals surface area contributed by atoms with Gasteiger partial charge in [0.1, 0.15) is 5.75 Å². The van der Waals surface area contributed by atoms with Gasteiger partial charge in [-0.3, -0.25) is 15.0 Å². The van der Waals surface area contributed by atoms with Crippen LogP contribution in [0.2, 0.25) is 0 Å². The van der Waals surface area contributed by atoms with Crippen LogP contribution in [0, 0.1) is 0 Å². The predicted octanol–water partition coefficient (Wildman–Crippen LogP) is 1.60. The lowest BCUT2D eigenvalue weighted by atomic mass is 10.2. The minimum absolute atomic E-state index is 0.0576. The maximum absolute atomic E-state index is 11.5. The van der Waals surface area contributed by atoms with E-state index in [2.05, 4.69) is 21.2 Å². The molecule has 3 amide bonds. The lowest BCUT2D eigenvalue weighted by Gasteiger charge is -2.26. The number of carbonyl (C=O) groups excluding carboxylic acids is 2. The van der Waals surface area contributed by atoms with Crippen LogP contribution in [0.15, 0.2) is 22.7 Å². The van der Waals surface area contributed by atoms with Crippen molar-refractivity contribution in [3.8, 4) is 5.75 Å². The number of anilines is 1.